The number of hydrogen-bond donors (Lipinski definition) is 3. The van der Waals surface area contributed by atoms with Gasteiger partial charge in [0.05, 0.1) is 5.69 Å². The maximum Gasteiger partial charge on any atom is 0.409 e. The van der Waals surface area contributed by atoms with Crippen molar-refractivity contribution in [3.05, 3.63) is 59.9 Å². The van der Waals surface area contributed by atoms with E-state index in [1.54, 1.807) is 30.5 Å². The number of anilines is 1. The van der Waals surface area contributed by atoms with E-state index in [-0.39, 0.29) is 0 Å². The molecule has 2 amide bonds. The van der Waals surface area contributed by atoms with Crippen molar-refractivity contribution in [1.82, 2.24) is 9.55 Å². The number of hydrogen-bond acceptors (Lipinski definition) is 3. The van der Waals surface area contributed by atoms with Crippen LogP contribution in [-0.2, 0) is 11.3 Å². The molecule has 7 heteroatoms. The number of pyridine rings is 1. The second kappa shape index (κ2) is 7.10. The molecule has 2 heterocycles. The molecule has 0 saturated heterocycles. The Morgan fingerprint density at radius 1 is 1.27 bits per heavy atom. The molecule has 3 rings (SSSR count). The number of nitrogens with one attached hydrogen (secondary N) is 1. The monoisotopic (exact) mass is 350 g/mol. The Hall–Kier alpha value is -3.61. The highest BCUT2D eigenvalue weighted by molar-refractivity contribution is 6.24. The molecule has 0 atom stereocenters. The van der Waals surface area contributed by atoms with E-state index in [1.165, 1.54) is 0 Å². The van der Waals surface area contributed by atoms with Crippen LogP contribution < -0.4 is 11.1 Å². The molecule has 1 aromatic carbocycles. The summed E-state index contributed by atoms with van der Waals surface area (Å²) in [6, 6.07) is 10.7. The summed E-state index contributed by atoms with van der Waals surface area (Å²) < 4.78 is 1.89. The van der Waals surface area contributed by atoms with Crippen LogP contribution in [0.3, 0.4) is 0 Å². The minimum absolute atomic E-state index is 0.339. The highest BCUT2D eigenvalue weighted by Gasteiger charge is 2.16. The van der Waals surface area contributed by atoms with E-state index < -0.39 is 12.0 Å². The first kappa shape index (κ1) is 17.2. The number of carboxylic acid groups (broad SMARTS) is 1. The normalized spacial score (nSPS) is 11.5. The first-order valence-electron chi connectivity index (χ1n) is 8.06. The Bertz CT molecular complexity index is 1010. The molecular formula is C19H18N4O3. The molecule has 0 spiro atoms. The van der Waals surface area contributed by atoms with E-state index in [4.69, 9.17) is 10.8 Å². The number of nitrogens with two attached hydrogens (primary N) is 1. The summed E-state index contributed by atoms with van der Waals surface area (Å²) in [7, 11) is 0. The number of aryl methyl sites for hydroxylation is 1. The van der Waals surface area contributed by atoms with E-state index in [1.807, 2.05) is 35.9 Å². The number of aromatic nitrogens is 2. The van der Waals surface area contributed by atoms with Gasteiger partial charge in [-0.3, -0.25) is 10.1 Å². The predicted octanol–water partition coefficient (Wildman–Crippen LogP) is 3.17. The maximum absolute atomic E-state index is 12.0. The van der Waals surface area contributed by atoms with Crippen LogP contribution in [0.5, 0.6) is 0 Å². The Labute approximate surface area is 149 Å². The zero-order valence-corrected chi connectivity index (χ0v) is 14.1. The SMILES string of the molecule is CCn1cc(C=C(C(N)=O)c2ccccc2)c2c(NC(=O)O)ccnc21. The van der Waals surface area contributed by atoms with Gasteiger partial charge in [-0.15, -0.1) is 0 Å². The fourth-order valence-electron chi connectivity index (χ4n) is 2.89. The van der Waals surface area contributed by atoms with Crippen LogP contribution in [0, 0.1) is 0 Å². The van der Waals surface area contributed by atoms with E-state index in [0.29, 0.717) is 40.0 Å². The van der Waals surface area contributed by atoms with Gasteiger partial charge < -0.3 is 15.4 Å². The van der Waals surface area contributed by atoms with Gasteiger partial charge >= 0.3 is 6.09 Å². The Balaban J connectivity index is 2.26. The Morgan fingerprint density at radius 2 is 2.00 bits per heavy atom. The molecule has 0 radical (unpaired) electrons. The van der Waals surface area contributed by atoms with Crippen LogP contribution in [0.4, 0.5) is 10.5 Å². The molecule has 3 aromatic rings. The minimum Gasteiger partial charge on any atom is -0.465 e. The fraction of sp³-hybridized carbons (Fsp3) is 0.105. The predicted molar refractivity (Wildman–Crippen MR) is 101 cm³/mol. The number of rotatable bonds is 5. The fourth-order valence-corrected chi connectivity index (χ4v) is 2.89. The van der Waals surface area contributed by atoms with Crippen molar-refractivity contribution in [2.45, 2.75) is 13.5 Å². The van der Waals surface area contributed by atoms with Gasteiger partial charge in [0.25, 0.3) is 0 Å². The van der Waals surface area contributed by atoms with E-state index in [9.17, 15) is 9.59 Å². The van der Waals surface area contributed by atoms with Crippen molar-refractivity contribution in [3.8, 4) is 0 Å². The van der Waals surface area contributed by atoms with Gasteiger partial charge in [0, 0.05) is 35.5 Å². The second-order valence-corrected chi connectivity index (χ2v) is 5.65. The Morgan fingerprint density at radius 3 is 2.62 bits per heavy atom. The van der Waals surface area contributed by atoms with Crippen molar-refractivity contribution in [1.29, 1.82) is 0 Å². The molecule has 2 aromatic heterocycles. The molecule has 0 aliphatic carbocycles. The van der Waals surface area contributed by atoms with Gasteiger partial charge in [0.15, 0.2) is 0 Å². The first-order chi connectivity index (χ1) is 12.5. The van der Waals surface area contributed by atoms with Gasteiger partial charge in [-0.2, -0.15) is 0 Å². The lowest BCUT2D eigenvalue weighted by Crippen LogP contribution is -2.12. The lowest BCUT2D eigenvalue weighted by molar-refractivity contribution is -0.112. The highest BCUT2D eigenvalue weighted by atomic mass is 16.4. The standard InChI is InChI=1S/C19H18N4O3/c1-2-23-11-13(10-14(17(20)24)12-6-4-3-5-7-12)16-15(22-19(25)26)8-9-21-18(16)23/h3-11H,2H2,1H3,(H2,20,24)(H,21,22)(H,25,26). The van der Waals surface area contributed by atoms with Crippen molar-refractivity contribution >= 4 is 40.4 Å². The third kappa shape index (κ3) is 3.27. The number of carbonyl (C=O) groups excluding carboxylic acids is 1. The van der Waals surface area contributed by atoms with Gasteiger partial charge in [-0.25, -0.2) is 9.78 Å². The largest absolute Gasteiger partial charge is 0.465 e. The number of amides is 2. The van der Waals surface area contributed by atoms with E-state index in [2.05, 4.69) is 10.3 Å². The van der Waals surface area contributed by atoms with Gasteiger partial charge in [-0.1, -0.05) is 30.3 Å². The van der Waals surface area contributed by atoms with Crippen molar-refractivity contribution in [2.24, 2.45) is 5.73 Å². The van der Waals surface area contributed by atoms with Gasteiger partial charge in [-0.05, 0) is 24.6 Å². The van der Waals surface area contributed by atoms with Crippen LogP contribution in [0.2, 0.25) is 0 Å². The zero-order valence-electron chi connectivity index (χ0n) is 14.1. The van der Waals surface area contributed by atoms with Crippen molar-refractivity contribution in [2.75, 3.05) is 5.32 Å². The summed E-state index contributed by atoms with van der Waals surface area (Å²) in [5.74, 6) is -0.565. The van der Waals surface area contributed by atoms with Crippen molar-refractivity contribution < 1.29 is 14.7 Å². The lowest BCUT2D eigenvalue weighted by Gasteiger charge is -2.06. The first-order valence-corrected chi connectivity index (χ1v) is 8.06. The minimum atomic E-state index is -1.17. The van der Waals surface area contributed by atoms with Gasteiger partial charge in [0.1, 0.15) is 5.65 Å². The summed E-state index contributed by atoms with van der Waals surface area (Å²) in [4.78, 5) is 27.5. The molecule has 0 aliphatic rings. The second-order valence-electron chi connectivity index (χ2n) is 5.65. The molecule has 0 aliphatic heterocycles. The quantitative estimate of drug-likeness (QED) is 0.614. The van der Waals surface area contributed by atoms with Crippen LogP contribution in [0.25, 0.3) is 22.7 Å². The number of carbonyl (C=O) groups is 2. The zero-order chi connectivity index (χ0) is 18.7. The molecule has 0 bridgehead atoms. The molecule has 7 nitrogen and oxygen atoms in total. The number of nitrogens with zero attached hydrogens (tertiary/aromatic N) is 2. The van der Waals surface area contributed by atoms with Gasteiger partial charge in [0.2, 0.25) is 5.91 Å². The molecule has 0 saturated carbocycles. The topological polar surface area (TPSA) is 110 Å². The van der Waals surface area contributed by atoms with Crippen molar-refractivity contribution in [3.63, 3.8) is 0 Å². The number of fused-ring (bicyclic) bond motifs is 1. The number of benzene rings is 1. The third-order valence-corrected chi connectivity index (χ3v) is 4.02. The molecule has 26 heavy (non-hydrogen) atoms. The maximum atomic E-state index is 12.0. The summed E-state index contributed by atoms with van der Waals surface area (Å²) in [6.45, 7) is 2.60. The van der Waals surface area contributed by atoms with E-state index in [0.717, 1.165) is 0 Å². The summed E-state index contributed by atoms with van der Waals surface area (Å²) in [5.41, 5.74) is 8.30. The molecule has 0 fully saturated rings. The smallest absolute Gasteiger partial charge is 0.409 e. The molecule has 0 unspecified atom stereocenters. The summed E-state index contributed by atoms with van der Waals surface area (Å²) >= 11 is 0. The average molecular weight is 350 g/mol. The average Bonchev–Trinajstić information content (AvgIpc) is 2.98. The number of primary amides is 1. The lowest BCUT2D eigenvalue weighted by atomic mass is 10.0. The molecule has 132 valence electrons. The van der Waals surface area contributed by atoms with Crippen LogP contribution >= 0.6 is 0 Å². The third-order valence-electron chi connectivity index (χ3n) is 4.02. The van der Waals surface area contributed by atoms with Crippen LogP contribution in [-0.4, -0.2) is 26.7 Å². The molecule has 4 N–H and O–H groups in total. The Kier molecular flexibility index (Phi) is 4.70. The van der Waals surface area contributed by atoms with E-state index >= 15 is 0 Å². The highest BCUT2D eigenvalue weighted by Crippen LogP contribution is 2.30. The summed E-state index contributed by atoms with van der Waals surface area (Å²) in [6.07, 6.45) is 3.87. The van der Waals surface area contributed by atoms with Crippen LogP contribution in [0.15, 0.2) is 48.8 Å². The van der Waals surface area contributed by atoms with Crippen LogP contribution in [0.1, 0.15) is 18.1 Å². The summed E-state index contributed by atoms with van der Waals surface area (Å²) in [5, 5.41) is 12.1. The molecular weight excluding hydrogens is 332 g/mol.